The van der Waals surface area contributed by atoms with Crippen LogP contribution in [0.1, 0.15) is 38.8 Å². The molecular formula is C20H24BClO3. The Balaban J connectivity index is 1.82. The van der Waals surface area contributed by atoms with Crippen LogP contribution in [-0.2, 0) is 15.9 Å². The summed E-state index contributed by atoms with van der Waals surface area (Å²) in [6.07, 6.45) is 0. The molecule has 0 bridgehead atoms. The standard InChI is InChI=1S/C20H24BClO3/c1-14-10-11-16(22)12-18(14)23-13-15-8-6-7-9-17(15)21-24-19(2,3)20(4,5)25-21/h6-12H,13H2,1-5H3. The number of halogens is 1. The van der Waals surface area contributed by atoms with E-state index in [-0.39, 0.29) is 11.2 Å². The smallest absolute Gasteiger partial charge is 0.489 e. The van der Waals surface area contributed by atoms with Gasteiger partial charge in [0, 0.05) is 5.02 Å². The third-order valence-corrected chi connectivity index (χ3v) is 5.33. The number of aryl methyl sites for hydroxylation is 1. The van der Waals surface area contributed by atoms with E-state index in [1.54, 1.807) is 0 Å². The van der Waals surface area contributed by atoms with Gasteiger partial charge in [-0.15, -0.1) is 0 Å². The van der Waals surface area contributed by atoms with Crippen LogP contribution >= 0.6 is 11.6 Å². The van der Waals surface area contributed by atoms with Gasteiger partial charge in [-0.2, -0.15) is 0 Å². The Morgan fingerprint density at radius 1 is 1.00 bits per heavy atom. The molecule has 1 fully saturated rings. The van der Waals surface area contributed by atoms with Gasteiger partial charge in [0.2, 0.25) is 0 Å². The highest BCUT2D eigenvalue weighted by Crippen LogP contribution is 2.36. The maximum atomic E-state index is 6.19. The van der Waals surface area contributed by atoms with E-state index < -0.39 is 7.12 Å². The summed E-state index contributed by atoms with van der Waals surface area (Å²) in [5, 5.41) is 0.667. The van der Waals surface area contributed by atoms with E-state index in [1.165, 1.54) is 0 Å². The van der Waals surface area contributed by atoms with Crippen molar-refractivity contribution in [3.63, 3.8) is 0 Å². The monoisotopic (exact) mass is 358 g/mol. The number of benzene rings is 2. The predicted octanol–water partition coefficient (Wildman–Crippen LogP) is 4.53. The van der Waals surface area contributed by atoms with Crippen LogP contribution in [0.3, 0.4) is 0 Å². The van der Waals surface area contributed by atoms with Crippen molar-refractivity contribution in [1.82, 2.24) is 0 Å². The lowest BCUT2D eigenvalue weighted by molar-refractivity contribution is 0.00578. The molecule has 0 radical (unpaired) electrons. The number of hydrogen-bond donors (Lipinski definition) is 0. The highest BCUT2D eigenvalue weighted by molar-refractivity contribution is 6.62. The zero-order chi connectivity index (χ0) is 18.2. The molecule has 3 rings (SSSR count). The van der Waals surface area contributed by atoms with E-state index in [4.69, 9.17) is 25.6 Å². The van der Waals surface area contributed by atoms with E-state index in [0.29, 0.717) is 11.6 Å². The van der Waals surface area contributed by atoms with Gasteiger partial charge >= 0.3 is 7.12 Å². The number of ether oxygens (including phenoxy) is 1. The molecule has 0 atom stereocenters. The first-order valence-corrected chi connectivity index (χ1v) is 8.90. The van der Waals surface area contributed by atoms with Crippen molar-refractivity contribution in [2.45, 2.75) is 52.4 Å². The highest BCUT2D eigenvalue weighted by atomic mass is 35.5. The first-order valence-electron chi connectivity index (χ1n) is 8.52. The van der Waals surface area contributed by atoms with E-state index in [2.05, 4.69) is 27.7 Å². The molecular weight excluding hydrogens is 334 g/mol. The van der Waals surface area contributed by atoms with Gasteiger partial charge in [0.1, 0.15) is 12.4 Å². The second-order valence-corrected chi connectivity index (χ2v) is 7.92. The lowest BCUT2D eigenvalue weighted by Gasteiger charge is -2.32. The number of hydrogen-bond acceptors (Lipinski definition) is 3. The minimum absolute atomic E-state index is 0.366. The Hall–Kier alpha value is -1.49. The largest absolute Gasteiger partial charge is 0.495 e. The van der Waals surface area contributed by atoms with E-state index in [0.717, 1.165) is 22.3 Å². The molecule has 0 aromatic heterocycles. The summed E-state index contributed by atoms with van der Waals surface area (Å²) >= 11 is 6.08. The Labute approximate surface area is 155 Å². The minimum Gasteiger partial charge on any atom is -0.489 e. The molecule has 25 heavy (non-hydrogen) atoms. The SMILES string of the molecule is Cc1ccc(Cl)cc1OCc1ccccc1B1OC(C)(C)C(C)(C)O1. The fourth-order valence-corrected chi connectivity index (χ4v) is 2.91. The van der Waals surface area contributed by atoms with Crippen LogP contribution < -0.4 is 10.2 Å². The highest BCUT2D eigenvalue weighted by Gasteiger charge is 2.52. The maximum Gasteiger partial charge on any atom is 0.495 e. The van der Waals surface area contributed by atoms with Crippen molar-refractivity contribution in [3.8, 4) is 5.75 Å². The molecule has 1 heterocycles. The quantitative estimate of drug-likeness (QED) is 0.752. The van der Waals surface area contributed by atoms with Crippen LogP contribution in [0.15, 0.2) is 42.5 Å². The zero-order valence-corrected chi connectivity index (χ0v) is 16.2. The normalized spacial score (nSPS) is 18.4. The molecule has 0 saturated carbocycles. The van der Waals surface area contributed by atoms with Crippen LogP contribution in [0.4, 0.5) is 0 Å². The van der Waals surface area contributed by atoms with E-state index in [9.17, 15) is 0 Å². The minimum atomic E-state index is -0.398. The zero-order valence-electron chi connectivity index (χ0n) is 15.4. The molecule has 1 saturated heterocycles. The van der Waals surface area contributed by atoms with Crippen molar-refractivity contribution >= 4 is 24.2 Å². The van der Waals surface area contributed by atoms with Gasteiger partial charge in [0.25, 0.3) is 0 Å². The predicted molar refractivity (Wildman–Crippen MR) is 103 cm³/mol. The average molecular weight is 359 g/mol. The van der Waals surface area contributed by atoms with Crippen LogP contribution in [0.25, 0.3) is 0 Å². The van der Waals surface area contributed by atoms with Crippen molar-refractivity contribution in [1.29, 1.82) is 0 Å². The molecule has 1 aliphatic rings. The molecule has 2 aromatic rings. The van der Waals surface area contributed by atoms with Crippen molar-refractivity contribution in [2.75, 3.05) is 0 Å². The van der Waals surface area contributed by atoms with Crippen LogP contribution in [-0.4, -0.2) is 18.3 Å². The Bertz CT molecular complexity index is 757. The summed E-state index contributed by atoms with van der Waals surface area (Å²) < 4.78 is 18.4. The van der Waals surface area contributed by atoms with Crippen LogP contribution in [0.5, 0.6) is 5.75 Å². The van der Waals surface area contributed by atoms with Gasteiger partial charge in [-0.25, -0.2) is 0 Å². The van der Waals surface area contributed by atoms with Gasteiger partial charge in [0.05, 0.1) is 11.2 Å². The van der Waals surface area contributed by atoms with Gasteiger partial charge in [-0.05, 0) is 63.3 Å². The second kappa shape index (κ2) is 6.67. The lowest BCUT2D eigenvalue weighted by Crippen LogP contribution is -2.41. The van der Waals surface area contributed by atoms with Gasteiger partial charge in [0.15, 0.2) is 0 Å². The Kier molecular flexibility index (Phi) is 4.89. The average Bonchev–Trinajstić information content (AvgIpc) is 2.76. The summed E-state index contributed by atoms with van der Waals surface area (Å²) in [5.74, 6) is 0.788. The summed E-state index contributed by atoms with van der Waals surface area (Å²) in [6.45, 7) is 10.7. The first kappa shape index (κ1) is 18.3. The molecule has 1 aliphatic heterocycles. The van der Waals surface area contributed by atoms with Crippen molar-refractivity contribution in [2.24, 2.45) is 0 Å². The third kappa shape index (κ3) is 3.71. The fraction of sp³-hybridized carbons (Fsp3) is 0.400. The number of rotatable bonds is 4. The molecule has 132 valence electrons. The summed E-state index contributed by atoms with van der Waals surface area (Å²) in [6, 6.07) is 13.7. The molecule has 3 nitrogen and oxygen atoms in total. The second-order valence-electron chi connectivity index (χ2n) is 7.49. The Morgan fingerprint density at radius 2 is 1.64 bits per heavy atom. The van der Waals surface area contributed by atoms with E-state index >= 15 is 0 Å². The summed E-state index contributed by atoms with van der Waals surface area (Å²) in [4.78, 5) is 0. The molecule has 2 aromatic carbocycles. The first-order chi connectivity index (χ1) is 11.7. The topological polar surface area (TPSA) is 27.7 Å². The molecule has 0 aliphatic carbocycles. The fourth-order valence-electron chi connectivity index (χ4n) is 2.75. The van der Waals surface area contributed by atoms with Gasteiger partial charge in [-0.3, -0.25) is 0 Å². The molecule has 5 heteroatoms. The lowest BCUT2D eigenvalue weighted by atomic mass is 9.76. The van der Waals surface area contributed by atoms with Gasteiger partial charge < -0.3 is 14.0 Å². The summed E-state index contributed by atoms with van der Waals surface area (Å²) in [5.41, 5.74) is 2.36. The third-order valence-electron chi connectivity index (χ3n) is 5.10. The van der Waals surface area contributed by atoms with Crippen molar-refractivity contribution in [3.05, 3.63) is 58.6 Å². The maximum absolute atomic E-state index is 6.19. The van der Waals surface area contributed by atoms with Crippen LogP contribution in [0, 0.1) is 6.92 Å². The molecule has 0 amide bonds. The molecule has 0 N–H and O–H groups in total. The Morgan fingerprint density at radius 3 is 2.32 bits per heavy atom. The van der Waals surface area contributed by atoms with Gasteiger partial charge in [-0.1, -0.05) is 41.9 Å². The van der Waals surface area contributed by atoms with Crippen molar-refractivity contribution < 1.29 is 14.0 Å². The summed E-state index contributed by atoms with van der Waals surface area (Å²) in [7, 11) is -0.398. The van der Waals surface area contributed by atoms with Crippen LogP contribution in [0.2, 0.25) is 5.02 Å². The molecule has 0 spiro atoms. The molecule has 0 unspecified atom stereocenters. The van der Waals surface area contributed by atoms with E-state index in [1.807, 2.05) is 49.4 Å².